The molecule has 8 nitrogen and oxygen atoms in total. The summed E-state index contributed by atoms with van der Waals surface area (Å²) in [7, 11) is 1.09. The topological polar surface area (TPSA) is 122 Å². The summed E-state index contributed by atoms with van der Waals surface area (Å²) >= 11 is 0. The number of aliphatic carboxylic acids is 1. The number of pyridine rings is 2. The van der Waals surface area contributed by atoms with Gasteiger partial charge in [0.15, 0.2) is 5.69 Å². The van der Waals surface area contributed by atoms with Gasteiger partial charge in [0, 0.05) is 12.6 Å². The number of carbonyl (C=O) groups excluding carboxylic acids is 1. The van der Waals surface area contributed by atoms with Crippen molar-refractivity contribution in [1.29, 1.82) is 0 Å². The number of carboxylic acid groups (broad SMARTS) is 1. The van der Waals surface area contributed by atoms with Gasteiger partial charge in [0.2, 0.25) is 0 Å². The Kier molecular flexibility index (Phi) is 5.21. The molecule has 1 aromatic carbocycles. The van der Waals surface area contributed by atoms with Crippen LogP contribution in [0.25, 0.3) is 22.2 Å². The predicted octanol–water partition coefficient (Wildman–Crippen LogP) is 2.14. The fourth-order valence-corrected chi connectivity index (χ4v) is 2.94. The molecule has 11 heteroatoms. The summed E-state index contributed by atoms with van der Waals surface area (Å²) < 4.78 is 41.6. The standard InChI is InChI=1S/C19H14F3N3O5/c1-25-16-11(14(28)13(18(25)30)17(29)23-8-12(26)27)7-10(9-5-3-2-4-6-9)15(24-16)19(20,21)22/h2-7,28H,8H2,1H3,(H,23,29)(H,26,27). The van der Waals surface area contributed by atoms with Crippen LogP contribution in [0.4, 0.5) is 13.2 Å². The summed E-state index contributed by atoms with van der Waals surface area (Å²) in [5.74, 6) is -3.46. The number of alkyl halides is 3. The van der Waals surface area contributed by atoms with Crippen LogP contribution in [-0.4, -0.2) is 38.2 Å². The molecule has 3 N–H and O–H groups in total. The highest BCUT2D eigenvalue weighted by atomic mass is 19.4. The van der Waals surface area contributed by atoms with E-state index in [1.54, 1.807) is 6.07 Å². The van der Waals surface area contributed by atoms with Crippen molar-refractivity contribution in [3.05, 3.63) is 58.0 Å². The highest BCUT2D eigenvalue weighted by Crippen LogP contribution is 2.39. The molecule has 3 rings (SSSR count). The smallest absolute Gasteiger partial charge is 0.434 e. The monoisotopic (exact) mass is 421 g/mol. The Labute approximate surface area is 166 Å². The van der Waals surface area contributed by atoms with Crippen LogP contribution in [0.1, 0.15) is 16.1 Å². The number of nitrogens with zero attached hydrogens (tertiary/aromatic N) is 2. The van der Waals surface area contributed by atoms with Crippen molar-refractivity contribution in [1.82, 2.24) is 14.9 Å². The Balaban J connectivity index is 2.35. The maximum absolute atomic E-state index is 13.6. The van der Waals surface area contributed by atoms with Crippen molar-refractivity contribution >= 4 is 22.9 Å². The van der Waals surface area contributed by atoms with E-state index in [2.05, 4.69) is 4.98 Å². The number of aromatic hydroxyl groups is 1. The first-order valence-electron chi connectivity index (χ1n) is 8.41. The lowest BCUT2D eigenvalue weighted by atomic mass is 10.0. The van der Waals surface area contributed by atoms with Crippen molar-refractivity contribution in [2.75, 3.05) is 6.54 Å². The Morgan fingerprint density at radius 1 is 1.20 bits per heavy atom. The van der Waals surface area contributed by atoms with Crippen molar-refractivity contribution in [2.45, 2.75) is 6.18 Å². The second-order valence-corrected chi connectivity index (χ2v) is 6.28. The van der Waals surface area contributed by atoms with E-state index < -0.39 is 52.8 Å². The average Bonchev–Trinajstić information content (AvgIpc) is 2.69. The minimum absolute atomic E-state index is 0.157. The number of rotatable bonds is 4. The molecule has 2 heterocycles. The Hall–Kier alpha value is -3.89. The Morgan fingerprint density at radius 2 is 1.83 bits per heavy atom. The van der Waals surface area contributed by atoms with Crippen LogP contribution in [0.15, 0.2) is 41.2 Å². The number of aromatic nitrogens is 2. The number of benzene rings is 1. The first-order chi connectivity index (χ1) is 14.0. The van der Waals surface area contributed by atoms with Crippen LogP contribution >= 0.6 is 0 Å². The number of hydrogen-bond donors (Lipinski definition) is 3. The van der Waals surface area contributed by atoms with Gasteiger partial charge in [-0.15, -0.1) is 0 Å². The molecule has 0 bridgehead atoms. The summed E-state index contributed by atoms with van der Waals surface area (Å²) in [6, 6.07) is 8.46. The molecule has 0 radical (unpaired) electrons. The lowest BCUT2D eigenvalue weighted by molar-refractivity contribution is -0.140. The molecule has 3 aromatic rings. The number of nitrogens with one attached hydrogen (secondary N) is 1. The number of fused-ring (bicyclic) bond motifs is 1. The van der Waals surface area contributed by atoms with Crippen molar-refractivity contribution in [3.8, 4) is 16.9 Å². The predicted molar refractivity (Wildman–Crippen MR) is 99.1 cm³/mol. The fourth-order valence-electron chi connectivity index (χ4n) is 2.94. The second-order valence-electron chi connectivity index (χ2n) is 6.28. The maximum atomic E-state index is 13.6. The molecule has 0 aliphatic heterocycles. The first-order valence-corrected chi connectivity index (χ1v) is 8.41. The molecule has 0 aliphatic rings. The van der Waals surface area contributed by atoms with Crippen molar-refractivity contribution < 1.29 is 33.0 Å². The molecule has 156 valence electrons. The van der Waals surface area contributed by atoms with Crippen LogP contribution in [-0.2, 0) is 18.0 Å². The van der Waals surface area contributed by atoms with E-state index in [0.717, 1.165) is 13.1 Å². The van der Waals surface area contributed by atoms with Gasteiger partial charge in [-0.05, 0) is 11.6 Å². The molecule has 0 spiro atoms. The minimum atomic E-state index is -4.86. The van der Waals surface area contributed by atoms with E-state index in [1.807, 2.05) is 5.32 Å². The number of aryl methyl sites for hydroxylation is 1. The largest absolute Gasteiger partial charge is 0.506 e. The van der Waals surface area contributed by atoms with Crippen molar-refractivity contribution in [2.24, 2.45) is 7.05 Å². The zero-order chi connectivity index (χ0) is 22.2. The van der Waals surface area contributed by atoms with E-state index in [4.69, 9.17) is 5.11 Å². The van der Waals surface area contributed by atoms with Gasteiger partial charge in [-0.25, -0.2) is 4.98 Å². The van der Waals surface area contributed by atoms with Gasteiger partial charge in [-0.3, -0.25) is 19.0 Å². The molecule has 30 heavy (non-hydrogen) atoms. The number of hydrogen-bond acceptors (Lipinski definition) is 5. The van der Waals surface area contributed by atoms with Gasteiger partial charge in [0.05, 0.1) is 5.39 Å². The number of amides is 1. The summed E-state index contributed by atoms with van der Waals surface area (Å²) in [6.07, 6.45) is -4.86. The Morgan fingerprint density at radius 3 is 2.40 bits per heavy atom. The van der Waals surface area contributed by atoms with Gasteiger partial charge in [0.25, 0.3) is 11.5 Å². The van der Waals surface area contributed by atoms with Crippen LogP contribution in [0, 0.1) is 0 Å². The third-order valence-electron chi connectivity index (χ3n) is 4.31. The molecule has 0 saturated carbocycles. The number of halogens is 3. The SMILES string of the molecule is Cn1c(=O)c(C(=O)NCC(=O)O)c(O)c2cc(-c3ccccc3)c(C(F)(F)F)nc21. The van der Waals surface area contributed by atoms with E-state index in [9.17, 15) is 32.7 Å². The molecular formula is C19H14F3N3O5. The average molecular weight is 421 g/mol. The first kappa shape index (κ1) is 20.8. The van der Waals surface area contributed by atoms with E-state index in [-0.39, 0.29) is 16.5 Å². The van der Waals surface area contributed by atoms with Gasteiger partial charge in [-0.1, -0.05) is 30.3 Å². The van der Waals surface area contributed by atoms with Crippen LogP contribution in [0.3, 0.4) is 0 Å². The van der Waals surface area contributed by atoms with Gasteiger partial charge in [-0.2, -0.15) is 13.2 Å². The second kappa shape index (κ2) is 7.50. The summed E-state index contributed by atoms with van der Waals surface area (Å²) in [6.45, 7) is -0.819. The lowest BCUT2D eigenvalue weighted by Crippen LogP contribution is -2.35. The molecule has 0 unspecified atom stereocenters. The summed E-state index contributed by atoms with van der Waals surface area (Å²) in [5, 5.41) is 20.8. The minimum Gasteiger partial charge on any atom is -0.506 e. The van der Waals surface area contributed by atoms with E-state index >= 15 is 0 Å². The highest BCUT2D eigenvalue weighted by molar-refractivity contribution is 6.03. The molecule has 0 atom stereocenters. The zero-order valence-corrected chi connectivity index (χ0v) is 15.3. The van der Waals surface area contributed by atoms with E-state index in [0.29, 0.717) is 4.57 Å². The third-order valence-corrected chi connectivity index (χ3v) is 4.31. The molecule has 0 saturated heterocycles. The number of carboxylic acids is 1. The van der Waals surface area contributed by atoms with E-state index in [1.165, 1.54) is 24.3 Å². The molecule has 2 aromatic heterocycles. The number of carbonyl (C=O) groups is 2. The van der Waals surface area contributed by atoms with Crippen molar-refractivity contribution in [3.63, 3.8) is 0 Å². The molecule has 0 aliphatic carbocycles. The summed E-state index contributed by atoms with van der Waals surface area (Å²) in [4.78, 5) is 38.9. The quantitative estimate of drug-likeness (QED) is 0.594. The molecule has 1 amide bonds. The molecule has 0 fully saturated rings. The normalized spacial score (nSPS) is 11.5. The lowest BCUT2D eigenvalue weighted by Gasteiger charge is -2.16. The fraction of sp³-hybridized carbons (Fsp3) is 0.158. The highest BCUT2D eigenvalue weighted by Gasteiger charge is 2.37. The molecular weight excluding hydrogens is 407 g/mol. The zero-order valence-electron chi connectivity index (χ0n) is 15.3. The third kappa shape index (κ3) is 3.69. The van der Waals surface area contributed by atoms with Crippen LogP contribution < -0.4 is 10.9 Å². The van der Waals surface area contributed by atoms with Crippen LogP contribution in [0.5, 0.6) is 5.75 Å². The Bertz CT molecular complexity index is 1220. The summed E-state index contributed by atoms with van der Waals surface area (Å²) in [5.41, 5.74) is -3.88. The van der Waals surface area contributed by atoms with Gasteiger partial charge >= 0.3 is 12.1 Å². The van der Waals surface area contributed by atoms with Gasteiger partial charge < -0.3 is 15.5 Å². The maximum Gasteiger partial charge on any atom is 0.434 e. The van der Waals surface area contributed by atoms with Gasteiger partial charge in [0.1, 0.15) is 23.5 Å². The van der Waals surface area contributed by atoms with Crippen LogP contribution in [0.2, 0.25) is 0 Å².